The van der Waals surface area contributed by atoms with Gasteiger partial charge in [0.2, 0.25) is 5.91 Å². The molecule has 7 heteroatoms. The Hall–Kier alpha value is -3.45. The quantitative estimate of drug-likeness (QED) is 0.288. The predicted molar refractivity (Wildman–Crippen MR) is 120 cm³/mol. The van der Waals surface area contributed by atoms with Gasteiger partial charge in [0, 0.05) is 12.0 Å². The van der Waals surface area contributed by atoms with E-state index in [9.17, 15) is 9.59 Å². The van der Waals surface area contributed by atoms with Crippen LogP contribution in [0, 0.1) is 0 Å². The largest absolute Gasteiger partial charge is 0.494 e. The molecule has 158 valence electrons. The highest BCUT2D eigenvalue weighted by Crippen LogP contribution is 2.31. The summed E-state index contributed by atoms with van der Waals surface area (Å²) in [6.07, 6.45) is 0.951. The maximum absolute atomic E-state index is 12.1. The van der Waals surface area contributed by atoms with E-state index in [4.69, 9.17) is 9.15 Å². The molecule has 0 saturated heterocycles. The minimum Gasteiger partial charge on any atom is -0.494 e. The maximum atomic E-state index is 12.1. The van der Waals surface area contributed by atoms with E-state index in [0.29, 0.717) is 48.8 Å². The van der Waals surface area contributed by atoms with E-state index in [0.717, 1.165) is 15.2 Å². The molecule has 0 atom stereocenters. The maximum Gasteiger partial charge on any atom is 0.220 e. The van der Waals surface area contributed by atoms with Crippen LogP contribution in [0.15, 0.2) is 65.1 Å². The molecule has 4 rings (SSSR count). The number of ether oxygens (including phenoxy) is 1. The number of rotatable bonds is 9. The van der Waals surface area contributed by atoms with Crippen molar-refractivity contribution >= 4 is 33.2 Å². The van der Waals surface area contributed by atoms with Crippen molar-refractivity contribution in [1.29, 1.82) is 0 Å². The summed E-state index contributed by atoms with van der Waals surface area (Å²) in [5.74, 6) is 2.03. The average molecular weight is 435 g/mol. The number of hydrogen-bond acceptors (Lipinski definition) is 6. The van der Waals surface area contributed by atoms with Crippen molar-refractivity contribution in [1.82, 2.24) is 10.3 Å². The van der Waals surface area contributed by atoms with Gasteiger partial charge in [0.25, 0.3) is 0 Å². The summed E-state index contributed by atoms with van der Waals surface area (Å²) in [7, 11) is 0. The van der Waals surface area contributed by atoms with Crippen molar-refractivity contribution in [2.24, 2.45) is 0 Å². The molecule has 2 heterocycles. The van der Waals surface area contributed by atoms with Crippen molar-refractivity contribution in [2.45, 2.75) is 26.3 Å². The lowest BCUT2D eigenvalue weighted by molar-refractivity contribution is -0.121. The average Bonchev–Trinajstić information content (AvgIpc) is 3.42. The number of para-hydroxylation sites is 1. The van der Waals surface area contributed by atoms with Crippen LogP contribution in [0.25, 0.3) is 21.0 Å². The van der Waals surface area contributed by atoms with Gasteiger partial charge in [0.15, 0.2) is 16.6 Å². The fourth-order valence-electron chi connectivity index (χ4n) is 3.05. The lowest BCUT2D eigenvalue weighted by Crippen LogP contribution is -2.22. The van der Waals surface area contributed by atoms with Gasteiger partial charge in [-0.3, -0.25) is 9.59 Å². The summed E-state index contributed by atoms with van der Waals surface area (Å²) in [6, 6.07) is 18.7. The van der Waals surface area contributed by atoms with Crippen LogP contribution in [0.5, 0.6) is 5.75 Å². The van der Waals surface area contributed by atoms with E-state index in [-0.39, 0.29) is 11.7 Å². The highest BCUT2D eigenvalue weighted by molar-refractivity contribution is 7.21. The molecule has 0 aliphatic heterocycles. The summed E-state index contributed by atoms with van der Waals surface area (Å²) >= 11 is 1.58. The number of ketones is 1. The van der Waals surface area contributed by atoms with E-state index in [2.05, 4.69) is 10.3 Å². The minimum absolute atomic E-state index is 0.0204. The first-order chi connectivity index (χ1) is 15.1. The zero-order chi connectivity index (χ0) is 21.6. The molecule has 0 aliphatic carbocycles. The summed E-state index contributed by atoms with van der Waals surface area (Å²) in [6.45, 7) is 2.28. The first-order valence-electron chi connectivity index (χ1n) is 10.0. The summed E-state index contributed by atoms with van der Waals surface area (Å²) < 4.78 is 12.6. The number of nitrogens with one attached hydrogen (secondary N) is 1. The van der Waals surface area contributed by atoms with E-state index >= 15 is 0 Å². The monoisotopic (exact) mass is 434 g/mol. The highest BCUT2D eigenvalue weighted by atomic mass is 32.1. The van der Waals surface area contributed by atoms with Crippen LogP contribution in [0.4, 0.5) is 0 Å². The standard InChI is InChI=1S/C24H22N2O4S/c1-16(27)17-8-10-18(11-9-17)29-14-4-7-23(28)25-15-19-12-13-21(30-19)24-26-20-5-2-3-6-22(20)31-24/h2-3,5-6,8-13H,4,7,14-15H2,1H3,(H,25,28). The third-order valence-electron chi connectivity index (χ3n) is 4.70. The van der Waals surface area contributed by atoms with Gasteiger partial charge < -0.3 is 14.5 Å². The SMILES string of the molecule is CC(=O)c1ccc(OCCCC(=O)NCc2ccc(-c3nc4ccccc4s3)o2)cc1. The first kappa shape index (κ1) is 20.8. The highest BCUT2D eigenvalue weighted by Gasteiger charge is 2.11. The number of furan rings is 1. The lowest BCUT2D eigenvalue weighted by Gasteiger charge is -2.07. The van der Waals surface area contributed by atoms with E-state index in [1.807, 2.05) is 36.4 Å². The number of Topliss-reactive ketones (excluding diaryl/α,β-unsaturated/α-hetero) is 1. The topological polar surface area (TPSA) is 81.4 Å². The van der Waals surface area contributed by atoms with Gasteiger partial charge in [-0.15, -0.1) is 11.3 Å². The number of aromatic nitrogens is 1. The fraction of sp³-hybridized carbons (Fsp3) is 0.208. The van der Waals surface area contributed by atoms with Gasteiger partial charge in [0.05, 0.1) is 23.4 Å². The Kier molecular flexibility index (Phi) is 6.43. The number of fused-ring (bicyclic) bond motifs is 1. The molecule has 0 spiro atoms. The van der Waals surface area contributed by atoms with Crippen LogP contribution in [-0.2, 0) is 11.3 Å². The molecule has 4 aromatic rings. The molecule has 6 nitrogen and oxygen atoms in total. The van der Waals surface area contributed by atoms with Crippen LogP contribution in [0.1, 0.15) is 35.9 Å². The summed E-state index contributed by atoms with van der Waals surface area (Å²) in [5.41, 5.74) is 1.60. The molecule has 1 N–H and O–H groups in total. The zero-order valence-corrected chi connectivity index (χ0v) is 17.9. The molecular weight excluding hydrogens is 412 g/mol. The number of benzene rings is 2. The van der Waals surface area contributed by atoms with Crippen molar-refractivity contribution in [2.75, 3.05) is 6.61 Å². The van der Waals surface area contributed by atoms with Gasteiger partial charge in [0.1, 0.15) is 11.5 Å². The molecule has 0 unspecified atom stereocenters. The molecule has 2 aromatic carbocycles. The smallest absolute Gasteiger partial charge is 0.220 e. The summed E-state index contributed by atoms with van der Waals surface area (Å²) in [5, 5.41) is 3.69. The van der Waals surface area contributed by atoms with Crippen LogP contribution in [-0.4, -0.2) is 23.3 Å². The fourth-order valence-corrected chi connectivity index (χ4v) is 3.98. The lowest BCUT2D eigenvalue weighted by atomic mass is 10.1. The van der Waals surface area contributed by atoms with Crippen molar-refractivity contribution in [3.8, 4) is 16.5 Å². The number of hydrogen-bond donors (Lipinski definition) is 1. The molecule has 1 amide bonds. The minimum atomic E-state index is -0.0616. The zero-order valence-electron chi connectivity index (χ0n) is 17.1. The molecule has 0 saturated carbocycles. The van der Waals surface area contributed by atoms with Gasteiger partial charge in [-0.2, -0.15) is 0 Å². The summed E-state index contributed by atoms with van der Waals surface area (Å²) in [4.78, 5) is 27.9. The molecule has 0 bridgehead atoms. The van der Waals surface area contributed by atoms with E-state index in [1.165, 1.54) is 6.92 Å². The number of amides is 1. The van der Waals surface area contributed by atoms with Gasteiger partial charge in [-0.1, -0.05) is 12.1 Å². The molecule has 0 radical (unpaired) electrons. The Bertz CT molecular complexity index is 1160. The van der Waals surface area contributed by atoms with Gasteiger partial charge >= 0.3 is 0 Å². The Morgan fingerprint density at radius 3 is 2.65 bits per heavy atom. The third kappa shape index (κ3) is 5.38. The molecule has 2 aromatic heterocycles. The van der Waals surface area contributed by atoms with E-state index < -0.39 is 0 Å². The molecule has 0 aliphatic rings. The Labute approximate surface area is 183 Å². The van der Waals surface area contributed by atoms with E-state index in [1.54, 1.807) is 35.6 Å². The first-order valence-corrected chi connectivity index (χ1v) is 10.9. The Morgan fingerprint density at radius 1 is 1.06 bits per heavy atom. The second kappa shape index (κ2) is 9.57. The number of thiazole rings is 1. The number of nitrogens with zero attached hydrogens (tertiary/aromatic N) is 1. The second-order valence-electron chi connectivity index (χ2n) is 7.06. The van der Waals surface area contributed by atoms with Crippen molar-refractivity contribution < 1.29 is 18.7 Å². The van der Waals surface area contributed by atoms with Crippen LogP contribution < -0.4 is 10.1 Å². The molecule has 31 heavy (non-hydrogen) atoms. The van der Waals surface area contributed by atoms with Crippen LogP contribution in [0.2, 0.25) is 0 Å². The number of carbonyl (C=O) groups excluding carboxylic acids is 2. The predicted octanol–water partition coefficient (Wildman–Crippen LogP) is 5.23. The van der Waals surface area contributed by atoms with Gasteiger partial charge in [-0.05, 0) is 61.9 Å². The Balaban J connectivity index is 1.20. The molecule has 0 fully saturated rings. The molecular formula is C24H22N2O4S. The second-order valence-corrected chi connectivity index (χ2v) is 8.09. The van der Waals surface area contributed by atoms with Crippen molar-refractivity contribution in [3.63, 3.8) is 0 Å². The van der Waals surface area contributed by atoms with Crippen molar-refractivity contribution in [3.05, 3.63) is 72.0 Å². The van der Waals surface area contributed by atoms with Crippen LogP contribution >= 0.6 is 11.3 Å². The van der Waals surface area contributed by atoms with Gasteiger partial charge in [-0.25, -0.2) is 4.98 Å². The van der Waals surface area contributed by atoms with Crippen LogP contribution in [0.3, 0.4) is 0 Å². The normalized spacial score (nSPS) is 10.9. The number of carbonyl (C=O) groups is 2. The Morgan fingerprint density at radius 2 is 1.87 bits per heavy atom. The third-order valence-corrected chi connectivity index (χ3v) is 5.75.